The fourth-order valence-electron chi connectivity index (χ4n) is 1.44. The molecule has 0 bridgehead atoms. The van der Waals surface area contributed by atoms with Gasteiger partial charge in [0.05, 0.1) is 0 Å². The van der Waals surface area contributed by atoms with Crippen LogP contribution in [0.2, 0.25) is 0 Å². The van der Waals surface area contributed by atoms with Crippen LogP contribution < -0.4 is 5.32 Å². The first-order valence-electron chi connectivity index (χ1n) is 4.89. The van der Waals surface area contributed by atoms with Crippen molar-refractivity contribution in [2.75, 3.05) is 0 Å². The molecule has 0 amide bonds. The SMILES string of the molecule is Cc1cc(CN/C=C/C(=O)O)cc(C)c1F. The molecule has 0 saturated heterocycles. The minimum absolute atomic E-state index is 0.190. The molecule has 1 aromatic rings. The van der Waals surface area contributed by atoms with Gasteiger partial charge in [0, 0.05) is 18.8 Å². The minimum Gasteiger partial charge on any atom is -0.478 e. The lowest BCUT2D eigenvalue weighted by atomic mass is 10.1. The van der Waals surface area contributed by atoms with Crippen molar-refractivity contribution in [2.24, 2.45) is 0 Å². The molecule has 3 nitrogen and oxygen atoms in total. The van der Waals surface area contributed by atoms with Gasteiger partial charge in [-0.1, -0.05) is 12.1 Å². The van der Waals surface area contributed by atoms with Crippen LogP contribution in [-0.4, -0.2) is 11.1 Å². The zero-order chi connectivity index (χ0) is 12.1. The van der Waals surface area contributed by atoms with E-state index in [0.717, 1.165) is 11.6 Å². The van der Waals surface area contributed by atoms with E-state index in [1.165, 1.54) is 6.20 Å². The molecular weight excluding hydrogens is 209 g/mol. The molecule has 0 saturated carbocycles. The molecule has 1 aromatic carbocycles. The number of halogens is 1. The van der Waals surface area contributed by atoms with Crippen LogP contribution in [-0.2, 0) is 11.3 Å². The van der Waals surface area contributed by atoms with Gasteiger partial charge in [-0.25, -0.2) is 9.18 Å². The molecule has 0 heterocycles. The summed E-state index contributed by atoms with van der Waals surface area (Å²) >= 11 is 0. The third-order valence-corrected chi connectivity index (χ3v) is 2.15. The Labute approximate surface area is 93.6 Å². The largest absolute Gasteiger partial charge is 0.478 e. The second-order valence-corrected chi connectivity index (χ2v) is 3.60. The molecule has 0 radical (unpaired) electrons. The van der Waals surface area contributed by atoms with Crippen molar-refractivity contribution >= 4 is 5.97 Å². The second kappa shape index (κ2) is 5.30. The molecule has 0 spiro atoms. The number of carboxylic acid groups (broad SMARTS) is 1. The summed E-state index contributed by atoms with van der Waals surface area (Å²) < 4.78 is 13.3. The molecule has 0 aliphatic heterocycles. The molecule has 0 aromatic heterocycles. The maximum atomic E-state index is 13.3. The molecule has 16 heavy (non-hydrogen) atoms. The average Bonchev–Trinajstić information content (AvgIpc) is 2.20. The van der Waals surface area contributed by atoms with E-state index in [2.05, 4.69) is 5.32 Å². The van der Waals surface area contributed by atoms with Gasteiger partial charge in [0.2, 0.25) is 0 Å². The van der Waals surface area contributed by atoms with Crippen molar-refractivity contribution in [1.82, 2.24) is 5.32 Å². The molecule has 1 rings (SSSR count). The number of aryl methyl sites for hydroxylation is 2. The number of carboxylic acids is 1. The summed E-state index contributed by atoms with van der Waals surface area (Å²) in [5, 5.41) is 11.2. The van der Waals surface area contributed by atoms with Crippen molar-refractivity contribution in [3.8, 4) is 0 Å². The predicted molar refractivity (Wildman–Crippen MR) is 59.5 cm³/mol. The summed E-state index contributed by atoms with van der Waals surface area (Å²) in [5.41, 5.74) is 2.12. The normalized spacial score (nSPS) is 10.7. The molecule has 2 N–H and O–H groups in total. The fourth-order valence-corrected chi connectivity index (χ4v) is 1.44. The third-order valence-electron chi connectivity index (χ3n) is 2.15. The van der Waals surface area contributed by atoms with E-state index in [9.17, 15) is 9.18 Å². The van der Waals surface area contributed by atoms with E-state index >= 15 is 0 Å². The van der Waals surface area contributed by atoms with Crippen LogP contribution in [0.25, 0.3) is 0 Å². The molecular formula is C12H14FNO2. The number of aliphatic carboxylic acids is 1. The Kier molecular flexibility index (Phi) is 4.05. The van der Waals surface area contributed by atoms with E-state index in [-0.39, 0.29) is 5.82 Å². The minimum atomic E-state index is -1.00. The number of nitrogens with one attached hydrogen (secondary N) is 1. The van der Waals surface area contributed by atoms with E-state index in [1.54, 1.807) is 26.0 Å². The number of hydrogen-bond acceptors (Lipinski definition) is 2. The maximum Gasteiger partial charge on any atom is 0.329 e. The number of hydrogen-bond donors (Lipinski definition) is 2. The summed E-state index contributed by atoms with van der Waals surface area (Å²) in [6, 6.07) is 3.48. The van der Waals surface area contributed by atoms with Gasteiger partial charge in [-0.2, -0.15) is 0 Å². The molecule has 0 fully saturated rings. The smallest absolute Gasteiger partial charge is 0.329 e. The van der Waals surface area contributed by atoms with Gasteiger partial charge in [-0.15, -0.1) is 0 Å². The number of carbonyl (C=O) groups is 1. The third kappa shape index (κ3) is 3.38. The molecule has 0 aliphatic carbocycles. The predicted octanol–water partition coefficient (Wildman–Crippen LogP) is 2.13. The van der Waals surface area contributed by atoms with Gasteiger partial charge in [-0.3, -0.25) is 0 Å². The zero-order valence-electron chi connectivity index (χ0n) is 9.25. The van der Waals surface area contributed by atoms with Gasteiger partial charge in [0.1, 0.15) is 5.82 Å². The van der Waals surface area contributed by atoms with Crippen molar-refractivity contribution in [1.29, 1.82) is 0 Å². The van der Waals surface area contributed by atoms with Crippen LogP contribution in [0.3, 0.4) is 0 Å². The van der Waals surface area contributed by atoms with Crippen molar-refractivity contribution in [2.45, 2.75) is 20.4 Å². The Morgan fingerprint density at radius 2 is 2.00 bits per heavy atom. The number of rotatable bonds is 4. The van der Waals surface area contributed by atoms with Gasteiger partial charge in [0.15, 0.2) is 0 Å². The summed E-state index contributed by atoms with van der Waals surface area (Å²) in [7, 11) is 0. The van der Waals surface area contributed by atoms with E-state index < -0.39 is 5.97 Å². The Morgan fingerprint density at radius 1 is 1.44 bits per heavy atom. The highest BCUT2D eigenvalue weighted by atomic mass is 19.1. The lowest BCUT2D eigenvalue weighted by molar-refractivity contribution is -0.131. The summed E-state index contributed by atoms with van der Waals surface area (Å²) in [4.78, 5) is 10.2. The van der Waals surface area contributed by atoms with E-state index in [1.807, 2.05) is 0 Å². The van der Waals surface area contributed by atoms with Crippen LogP contribution in [0.4, 0.5) is 4.39 Å². The highest BCUT2D eigenvalue weighted by molar-refractivity contribution is 5.79. The van der Waals surface area contributed by atoms with Crippen LogP contribution in [0.1, 0.15) is 16.7 Å². The Hall–Kier alpha value is -1.84. The van der Waals surface area contributed by atoms with Gasteiger partial charge >= 0.3 is 5.97 Å². The van der Waals surface area contributed by atoms with Crippen LogP contribution in [0, 0.1) is 19.7 Å². The van der Waals surface area contributed by atoms with Gasteiger partial charge in [0.25, 0.3) is 0 Å². The summed E-state index contributed by atoms with van der Waals surface area (Å²) in [6.07, 6.45) is 2.37. The van der Waals surface area contributed by atoms with Crippen molar-refractivity contribution in [3.05, 3.63) is 46.9 Å². The fraction of sp³-hybridized carbons (Fsp3) is 0.250. The monoisotopic (exact) mass is 223 g/mol. The summed E-state index contributed by atoms with van der Waals surface area (Å²) in [5.74, 6) is -1.19. The van der Waals surface area contributed by atoms with Crippen molar-refractivity contribution in [3.63, 3.8) is 0 Å². The molecule has 86 valence electrons. The van der Waals surface area contributed by atoms with E-state index in [4.69, 9.17) is 5.11 Å². The highest BCUT2D eigenvalue weighted by Crippen LogP contribution is 2.14. The lowest BCUT2D eigenvalue weighted by Crippen LogP contribution is -2.06. The van der Waals surface area contributed by atoms with Crippen molar-refractivity contribution < 1.29 is 14.3 Å². The molecule has 4 heteroatoms. The highest BCUT2D eigenvalue weighted by Gasteiger charge is 2.03. The summed E-state index contributed by atoms with van der Waals surface area (Å²) in [6.45, 7) is 3.89. The second-order valence-electron chi connectivity index (χ2n) is 3.60. The molecule has 0 aliphatic rings. The van der Waals surface area contributed by atoms with E-state index in [0.29, 0.717) is 17.7 Å². The Balaban J connectivity index is 2.65. The Bertz CT molecular complexity index is 404. The molecule has 0 atom stereocenters. The maximum absolute atomic E-state index is 13.3. The van der Waals surface area contributed by atoms with Crippen LogP contribution >= 0.6 is 0 Å². The Morgan fingerprint density at radius 3 is 2.50 bits per heavy atom. The first kappa shape index (κ1) is 12.2. The quantitative estimate of drug-likeness (QED) is 0.769. The number of benzene rings is 1. The first-order chi connectivity index (χ1) is 7.50. The topological polar surface area (TPSA) is 49.3 Å². The standard InChI is InChI=1S/C12H14FNO2/c1-8-5-10(6-9(2)12(8)13)7-14-4-3-11(15)16/h3-6,14H,7H2,1-2H3,(H,15,16)/b4-3+. The van der Waals surface area contributed by atoms with Gasteiger partial charge in [-0.05, 0) is 30.5 Å². The van der Waals surface area contributed by atoms with Crippen LogP contribution in [0.15, 0.2) is 24.4 Å². The average molecular weight is 223 g/mol. The first-order valence-corrected chi connectivity index (χ1v) is 4.89. The van der Waals surface area contributed by atoms with Gasteiger partial charge < -0.3 is 10.4 Å². The molecule has 0 unspecified atom stereocenters. The zero-order valence-corrected chi connectivity index (χ0v) is 9.25. The lowest BCUT2D eigenvalue weighted by Gasteiger charge is -2.06. The van der Waals surface area contributed by atoms with Crippen LogP contribution in [0.5, 0.6) is 0 Å².